The largest absolute Gasteiger partial charge is 0.573 e. The van der Waals surface area contributed by atoms with Gasteiger partial charge in [-0.1, -0.05) is 0 Å². The van der Waals surface area contributed by atoms with Gasteiger partial charge in [-0.05, 0) is 0 Å². The summed E-state index contributed by atoms with van der Waals surface area (Å²) in [7, 11) is 1.18. The summed E-state index contributed by atoms with van der Waals surface area (Å²) in [5.74, 6) is -0.904. The van der Waals surface area contributed by atoms with Crippen LogP contribution in [0, 0.1) is 11.3 Å². The number of alkyl halides is 4. The topological polar surface area (TPSA) is 55.1 Å². The maximum absolute atomic E-state index is 12.3. The van der Waals surface area contributed by atoms with Crippen LogP contribution in [0.1, 0.15) is 11.3 Å². The van der Waals surface area contributed by atoms with Crippen LogP contribution in [0.15, 0.2) is 6.20 Å². The third-order valence-corrected chi connectivity index (χ3v) is 2.26. The van der Waals surface area contributed by atoms with Crippen molar-refractivity contribution in [3.63, 3.8) is 0 Å². The fraction of sp³-hybridized carbons (Fsp3) is 0.400. The molecular weight excluding hydrogens is 273 g/mol. The molecule has 1 heterocycles. The molecular formula is C10H8ClF3N2O2. The van der Waals surface area contributed by atoms with Crippen LogP contribution in [0.2, 0.25) is 0 Å². The zero-order chi connectivity index (χ0) is 13.8. The van der Waals surface area contributed by atoms with E-state index >= 15 is 0 Å². The van der Waals surface area contributed by atoms with Crippen LogP contribution >= 0.6 is 11.6 Å². The molecule has 4 nitrogen and oxygen atoms in total. The Hall–Kier alpha value is -1.68. The Labute approximate surface area is 106 Å². The second-order valence-electron chi connectivity index (χ2n) is 3.10. The van der Waals surface area contributed by atoms with Crippen LogP contribution in [0.3, 0.4) is 0 Å². The number of nitriles is 1. The number of hydrogen-bond acceptors (Lipinski definition) is 4. The lowest BCUT2D eigenvalue weighted by Crippen LogP contribution is -2.19. The molecule has 0 saturated heterocycles. The molecule has 0 aliphatic carbocycles. The summed E-state index contributed by atoms with van der Waals surface area (Å²) in [6, 6.07) is 1.73. The monoisotopic (exact) mass is 280 g/mol. The molecule has 0 aromatic carbocycles. The van der Waals surface area contributed by atoms with Crippen molar-refractivity contribution in [1.29, 1.82) is 5.26 Å². The molecule has 0 aliphatic rings. The number of hydrogen-bond donors (Lipinski definition) is 0. The lowest BCUT2D eigenvalue weighted by Gasteiger charge is -2.16. The normalized spacial score (nSPS) is 10.9. The Kier molecular flexibility index (Phi) is 4.62. The molecule has 0 aliphatic heterocycles. The van der Waals surface area contributed by atoms with E-state index in [2.05, 4.69) is 9.72 Å². The summed E-state index contributed by atoms with van der Waals surface area (Å²) in [5.41, 5.74) is 0.127. The molecule has 1 rings (SSSR count). The van der Waals surface area contributed by atoms with Gasteiger partial charge in [-0.25, -0.2) is 0 Å². The van der Waals surface area contributed by atoms with Crippen molar-refractivity contribution in [3.8, 4) is 17.6 Å². The molecule has 1 aromatic heterocycles. The molecule has 0 spiro atoms. The molecule has 18 heavy (non-hydrogen) atoms. The first kappa shape index (κ1) is 14.4. The maximum Gasteiger partial charge on any atom is 0.573 e. The molecule has 8 heteroatoms. The van der Waals surface area contributed by atoms with Gasteiger partial charge < -0.3 is 9.47 Å². The van der Waals surface area contributed by atoms with Crippen LogP contribution in [0.5, 0.6) is 11.5 Å². The molecule has 0 radical (unpaired) electrons. The lowest BCUT2D eigenvalue weighted by atomic mass is 10.1. The van der Waals surface area contributed by atoms with E-state index < -0.39 is 12.1 Å². The number of pyridine rings is 1. The van der Waals surface area contributed by atoms with Crippen LogP contribution in [-0.2, 0) is 12.3 Å². The second kappa shape index (κ2) is 5.78. The van der Waals surface area contributed by atoms with E-state index in [0.717, 1.165) is 6.20 Å². The number of nitrogens with zero attached hydrogens (tertiary/aromatic N) is 2. The fourth-order valence-electron chi connectivity index (χ4n) is 1.30. The number of halogens is 4. The first-order chi connectivity index (χ1) is 8.42. The first-order valence-electron chi connectivity index (χ1n) is 4.66. The van der Waals surface area contributed by atoms with Crippen LogP contribution in [-0.4, -0.2) is 18.5 Å². The van der Waals surface area contributed by atoms with Gasteiger partial charge in [0.25, 0.3) is 0 Å². The highest BCUT2D eigenvalue weighted by molar-refractivity contribution is 6.17. The van der Waals surface area contributed by atoms with E-state index in [1.807, 2.05) is 0 Å². The number of methoxy groups -OCH3 is 1. The Bertz CT molecular complexity index is 471. The average Bonchev–Trinajstić information content (AvgIpc) is 2.29. The Morgan fingerprint density at radius 2 is 2.17 bits per heavy atom. The van der Waals surface area contributed by atoms with Gasteiger partial charge in [0, 0.05) is 5.56 Å². The third kappa shape index (κ3) is 3.40. The van der Waals surface area contributed by atoms with Gasteiger partial charge in [0.15, 0.2) is 11.5 Å². The highest BCUT2D eigenvalue weighted by Gasteiger charge is 2.34. The van der Waals surface area contributed by atoms with E-state index in [9.17, 15) is 13.2 Å². The summed E-state index contributed by atoms with van der Waals surface area (Å²) in [6.45, 7) is 0. The zero-order valence-corrected chi connectivity index (χ0v) is 9.97. The van der Waals surface area contributed by atoms with Crippen molar-refractivity contribution < 1.29 is 22.6 Å². The molecule has 0 N–H and O–H groups in total. The van der Waals surface area contributed by atoms with E-state index in [0.29, 0.717) is 0 Å². The van der Waals surface area contributed by atoms with Gasteiger partial charge in [0.2, 0.25) is 0 Å². The van der Waals surface area contributed by atoms with Crippen molar-refractivity contribution in [2.75, 3.05) is 7.11 Å². The quantitative estimate of drug-likeness (QED) is 0.796. The van der Waals surface area contributed by atoms with Crippen molar-refractivity contribution in [2.24, 2.45) is 0 Å². The lowest BCUT2D eigenvalue weighted by molar-refractivity contribution is -0.275. The summed E-state index contributed by atoms with van der Waals surface area (Å²) in [5, 5.41) is 8.63. The van der Waals surface area contributed by atoms with E-state index in [-0.39, 0.29) is 29.3 Å². The predicted molar refractivity (Wildman–Crippen MR) is 56.3 cm³/mol. The third-order valence-electron chi connectivity index (χ3n) is 2.00. The Morgan fingerprint density at radius 1 is 1.50 bits per heavy atom. The van der Waals surface area contributed by atoms with E-state index in [1.54, 1.807) is 6.07 Å². The van der Waals surface area contributed by atoms with Gasteiger partial charge in [-0.15, -0.1) is 24.8 Å². The van der Waals surface area contributed by atoms with Gasteiger partial charge in [-0.3, -0.25) is 4.98 Å². The van der Waals surface area contributed by atoms with Crippen molar-refractivity contribution >= 4 is 11.6 Å². The molecule has 1 aromatic rings. The minimum absolute atomic E-state index is 0.0239. The highest BCUT2D eigenvalue weighted by atomic mass is 35.5. The zero-order valence-electron chi connectivity index (χ0n) is 9.21. The van der Waals surface area contributed by atoms with Gasteiger partial charge in [0.1, 0.15) is 0 Å². The average molecular weight is 281 g/mol. The molecule has 0 amide bonds. The summed E-state index contributed by atoms with van der Waals surface area (Å²) in [4.78, 5) is 3.82. The fourth-order valence-corrected chi connectivity index (χ4v) is 1.53. The van der Waals surface area contributed by atoms with Gasteiger partial charge >= 0.3 is 6.36 Å². The SMILES string of the molecule is COc1cnc(CCl)c(CC#N)c1OC(F)(F)F. The highest BCUT2D eigenvalue weighted by Crippen LogP contribution is 2.36. The molecule has 0 unspecified atom stereocenters. The smallest absolute Gasteiger partial charge is 0.491 e. The maximum atomic E-state index is 12.3. The summed E-state index contributed by atoms with van der Waals surface area (Å²) >= 11 is 5.56. The minimum atomic E-state index is -4.89. The number of rotatable bonds is 4. The van der Waals surface area contributed by atoms with E-state index in [4.69, 9.17) is 21.6 Å². The molecule has 98 valence electrons. The first-order valence-corrected chi connectivity index (χ1v) is 5.19. The van der Waals surface area contributed by atoms with Crippen molar-refractivity contribution in [2.45, 2.75) is 18.7 Å². The van der Waals surface area contributed by atoms with Gasteiger partial charge in [-0.2, -0.15) is 5.26 Å². The van der Waals surface area contributed by atoms with E-state index in [1.165, 1.54) is 7.11 Å². The molecule has 0 atom stereocenters. The second-order valence-corrected chi connectivity index (χ2v) is 3.36. The number of aromatic nitrogens is 1. The summed E-state index contributed by atoms with van der Waals surface area (Å²) in [6.07, 6.45) is -4.13. The van der Waals surface area contributed by atoms with Gasteiger partial charge in [0.05, 0.1) is 37.4 Å². The standard InChI is InChI=1S/C10H8ClF3N2O2/c1-17-8-5-16-7(4-11)6(2-3-15)9(8)18-10(12,13)14/h5H,2,4H2,1H3. The molecule has 0 fully saturated rings. The predicted octanol–water partition coefficient (Wildman–Crippen LogP) is 2.79. The van der Waals surface area contributed by atoms with Crippen LogP contribution < -0.4 is 9.47 Å². The number of ether oxygens (including phenoxy) is 2. The van der Waals surface area contributed by atoms with Crippen molar-refractivity contribution in [3.05, 3.63) is 17.5 Å². The van der Waals surface area contributed by atoms with Crippen LogP contribution in [0.4, 0.5) is 13.2 Å². The Morgan fingerprint density at radius 3 is 2.61 bits per heavy atom. The molecule has 0 bridgehead atoms. The molecule has 0 saturated carbocycles. The van der Waals surface area contributed by atoms with Crippen LogP contribution in [0.25, 0.3) is 0 Å². The van der Waals surface area contributed by atoms with Crippen molar-refractivity contribution in [1.82, 2.24) is 4.98 Å². The Balaban J connectivity index is 3.36. The minimum Gasteiger partial charge on any atom is -0.491 e. The summed E-state index contributed by atoms with van der Waals surface area (Å²) < 4.78 is 45.5.